The van der Waals surface area contributed by atoms with Gasteiger partial charge in [0.1, 0.15) is 11.5 Å². The Labute approximate surface area is 171 Å². The number of rotatable bonds is 6. The molecular weight excluding hydrogens is 358 g/mol. The van der Waals surface area contributed by atoms with Gasteiger partial charge in [-0.05, 0) is 46.5 Å². The fourth-order valence-corrected chi connectivity index (χ4v) is 3.38. The van der Waals surface area contributed by atoms with Crippen LogP contribution in [0.15, 0.2) is 97.1 Å². The molecular formula is C26H23NO2. The van der Waals surface area contributed by atoms with Gasteiger partial charge in [-0.15, -0.1) is 0 Å². The summed E-state index contributed by atoms with van der Waals surface area (Å²) in [7, 11) is 3.36. The van der Waals surface area contributed by atoms with E-state index in [-0.39, 0.29) is 0 Å². The zero-order valence-corrected chi connectivity index (χ0v) is 16.6. The number of hydrogen-bond acceptors (Lipinski definition) is 3. The van der Waals surface area contributed by atoms with Gasteiger partial charge in [0.25, 0.3) is 0 Å². The predicted octanol–water partition coefficient (Wildman–Crippen LogP) is 6.78. The maximum Gasteiger partial charge on any atom is 0.142 e. The summed E-state index contributed by atoms with van der Waals surface area (Å²) in [5, 5.41) is 3.51. The van der Waals surface area contributed by atoms with Gasteiger partial charge >= 0.3 is 0 Å². The third-order valence-electron chi connectivity index (χ3n) is 4.88. The van der Waals surface area contributed by atoms with Crippen molar-refractivity contribution < 1.29 is 9.47 Å². The second kappa shape index (κ2) is 8.53. The molecule has 4 rings (SSSR count). The van der Waals surface area contributed by atoms with Crippen LogP contribution >= 0.6 is 0 Å². The van der Waals surface area contributed by atoms with Crippen molar-refractivity contribution in [2.75, 3.05) is 19.5 Å². The lowest BCUT2D eigenvalue weighted by Gasteiger charge is -2.16. The van der Waals surface area contributed by atoms with Gasteiger partial charge in [0.2, 0.25) is 0 Å². The van der Waals surface area contributed by atoms with Gasteiger partial charge < -0.3 is 14.8 Å². The smallest absolute Gasteiger partial charge is 0.142 e. The summed E-state index contributed by atoms with van der Waals surface area (Å²) < 4.78 is 11.2. The lowest BCUT2D eigenvalue weighted by atomic mass is 10.0. The fourth-order valence-electron chi connectivity index (χ4n) is 3.38. The normalized spacial score (nSPS) is 10.4. The first-order valence-corrected chi connectivity index (χ1v) is 9.52. The van der Waals surface area contributed by atoms with Crippen molar-refractivity contribution in [1.29, 1.82) is 0 Å². The van der Waals surface area contributed by atoms with Crippen molar-refractivity contribution >= 4 is 11.4 Å². The lowest BCUT2D eigenvalue weighted by molar-refractivity contribution is 0.414. The lowest BCUT2D eigenvalue weighted by Crippen LogP contribution is -1.98. The molecule has 0 spiro atoms. The highest BCUT2D eigenvalue weighted by atomic mass is 16.5. The quantitative estimate of drug-likeness (QED) is 0.399. The Kier molecular flexibility index (Phi) is 5.48. The largest absolute Gasteiger partial charge is 0.495 e. The second-order valence-electron chi connectivity index (χ2n) is 6.69. The minimum Gasteiger partial charge on any atom is -0.495 e. The molecule has 0 saturated carbocycles. The van der Waals surface area contributed by atoms with Crippen LogP contribution in [0.2, 0.25) is 0 Å². The molecule has 0 saturated heterocycles. The molecule has 4 aromatic carbocycles. The molecule has 0 fully saturated rings. The zero-order chi connectivity index (χ0) is 20.1. The van der Waals surface area contributed by atoms with Crippen molar-refractivity contribution in [2.45, 2.75) is 0 Å². The molecule has 3 nitrogen and oxygen atoms in total. The van der Waals surface area contributed by atoms with Crippen molar-refractivity contribution in [3.05, 3.63) is 97.1 Å². The van der Waals surface area contributed by atoms with E-state index in [0.717, 1.165) is 45.1 Å². The molecule has 0 heterocycles. The second-order valence-corrected chi connectivity index (χ2v) is 6.69. The molecule has 0 aliphatic rings. The molecule has 0 amide bonds. The van der Waals surface area contributed by atoms with E-state index in [0.29, 0.717) is 0 Å². The molecule has 0 aliphatic carbocycles. The standard InChI is InChI=1S/C26H23NO2/c1-28-25-15-13-21(19-9-5-3-6-10-19)17-23(25)27-24-18-22(14-16-26(24)29-2)20-11-7-4-8-12-20/h3-18,27H,1-2H3. The minimum absolute atomic E-state index is 0.775. The summed E-state index contributed by atoms with van der Waals surface area (Å²) in [5.41, 5.74) is 6.32. The molecule has 4 aromatic rings. The maximum absolute atomic E-state index is 5.59. The Morgan fingerprint density at radius 3 is 1.28 bits per heavy atom. The predicted molar refractivity (Wildman–Crippen MR) is 120 cm³/mol. The monoisotopic (exact) mass is 381 g/mol. The highest BCUT2D eigenvalue weighted by molar-refractivity contribution is 5.80. The number of ether oxygens (including phenoxy) is 2. The average molecular weight is 381 g/mol. The molecule has 0 aromatic heterocycles. The summed E-state index contributed by atoms with van der Waals surface area (Å²) in [6.07, 6.45) is 0. The third-order valence-corrected chi connectivity index (χ3v) is 4.88. The number of nitrogens with one attached hydrogen (secondary N) is 1. The summed E-state index contributed by atoms with van der Waals surface area (Å²) in [4.78, 5) is 0. The SMILES string of the molecule is COc1ccc(-c2ccccc2)cc1Nc1cc(-c2ccccc2)ccc1OC. The highest BCUT2D eigenvalue weighted by Crippen LogP contribution is 2.37. The summed E-state index contributed by atoms with van der Waals surface area (Å²) in [5.74, 6) is 1.55. The van der Waals surface area contributed by atoms with Crippen LogP contribution in [0.4, 0.5) is 11.4 Å². The average Bonchev–Trinajstić information content (AvgIpc) is 2.80. The van der Waals surface area contributed by atoms with E-state index in [1.54, 1.807) is 14.2 Å². The Balaban J connectivity index is 1.75. The topological polar surface area (TPSA) is 30.5 Å². The van der Waals surface area contributed by atoms with Gasteiger partial charge in [0.05, 0.1) is 25.6 Å². The third kappa shape index (κ3) is 4.09. The van der Waals surface area contributed by atoms with Crippen LogP contribution in [0.3, 0.4) is 0 Å². The maximum atomic E-state index is 5.59. The van der Waals surface area contributed by atoms with Crippen LogP contribution in [0.1, 0.15) is 0 Å². The Morgan fingerprint density at radius 2 is 0.897 bits per heavy atom. The van der Waals surface area contributed by atoms with E-state index in [9.17, 15) is 0 Å². The molecule has 3 heteroatoms. The molecule has 0 aliphatic heterocycles. The van der Waals surface area contributed by atoms with Gasteiger partial charge in [-0.25, -0.2) is 0 Å². The summed E-state index contributed by atoms with van der Waals surface area (Å²) in [6.45, 7) is 0. The number of benzene rings is 4. The van der Waals surface area contributed by atoms with Crippen LogP contribution in [-0.2, 0) is 0 Å². The van der Waals surface area contributed by atoms with Gasteiger partial charge in [-0.2, -0.15) is 0 Å². The van der Waals surface area contributed by atoms with Crippen molar-refractivity contribution in [2.24, 2.45) is 0 Å². The van der Waals surface area contributed by atoms with Gasteiger partial charge in [-0.3, -0.25) is 0 Å². The molecule has 144 valence electrons. The van der Waals surface area contributed by atoms with Gasteiger partial charge in [0.15, 0.2) is 0 Å². The van der Waals surface area contributed by atoms with Crippen LogP contribution < -0.4 is 14.8 Å². The molecule has 0 radical (unpaired) electrons. The van der Waals surface area contributed by atoms with Crippen LogP contribution in [0.25, 0.3) is 22.3 Å². The first kappa shape index (κ1) is 18.6. The molecule has 0 atom stereocenters. The summed E-state index contributed by atoms with van der Waals surface area (Å²) >= 11 is 0. The summed E-state index contributed by atoms with van der Waals surface area (Å²) in [6, 6.07) is 32.9. The van der Waals surface area contributed by atoms with E-state index < -0.39 is 0 Å². The highest BCUT2D eigenvalue weighted by Gasteiger charge is 2.11. The van der Waals surface area contributed by atoms with E-state index in [1.807, 2.05) is 48.5 Å². The van der Waals surface area contributed by atoms with E-state index in [1.165, 1.54) is 0 Å². The van der Waals surface area contributed by atoms with Crippen molar-refractivity contribution in [3.63, 3.8) is 0 Å². The van der Waals surface area contributed by atoms with Crippen LogP contribution in [0.5, 0.6) is 11.5 Å². The molecule has 29 heavy (non-hydrogen) atoms. The van der Waals surface area contributed by atoms with E-state index in [2.05, 4.69) is 53.8 Å². The molecule has 0 bridgehead atoms. The number of anilines is 2. The van der Waals surface area contributed by atoms with Crippen LogP contribution in [-0.4, -0.2) is 14.2 Å². The number of hydrogen-bond donors (Lipinski definition) is 1. The Morgan fingerprint density at radius 1 is 0.483 bits per heavy atom. The molecule has 1 N–H and O–H groups in total. The molecule has 0 unspecified atom stereocenters. The van der Waals surface area contributed by atoms with Crippen LogP contribution in [0, 0.1) is 0 Å². The van der Waals surface area contributed by atoms with Crippen molar-refractivity contribution in [1.82, 2.24) is 0 Å². The van der Waals surface area contributed by atoms with Gasteiger partial charge in [0, 0.05) is 0 Å². The first-order chi connectivity index (χ1) is 14.3. The number of methoxy groups -OCH3 is 2. The fraction of sp³-hybridized carbons (Fsp3) is 0.0769. The Hall–Kier alpha value is -3.72. The van der Waals surface area contributed by atoms with E-state index >= 15 is 0 Å². The van der Waals surface area contributed by atoms with Crippen molar-refractivity contribution in [3.8, 4) is 33.8 Å². The minimum atomic E-state index is 0.775. The first-order valence-electron chi connectivity index (χ1n) is 9.52. The zero-order valence-electron chi connectivity index (χ0n) is 16.6. The van der Waals surface area contributed by atoms with E-state index in [4.69, 9.17) is 9.47 Å². The van der Waals surface area contributed by atoms with Gasteiger partial charge in [-0.1, -0.05) is 72.8 Å². The Bertz CT molecular complexity index is 1000.